The zero-order chi connectivity index (χ0) is 36.0. The first-order valence-corrected chi connectivity index (χ1v) is 17.3. The van der Waals surface area contributed by atoms with Gasteiger partial charge in [-0.3, -0.25) is 15.0 Å². The van der Waals surface area contributed by atoms with Crippen LogP contribution in [0.25, 0.3) is 11.0 Å². The number of hydrogen-bond acceptors (Lipinski definition) is 9. The van der Waals surface area contributed by atoms with Crippen molar-refractivity contribution in [3.63, 3.8) is 0 Å². The Labute approximate surface area is 293 Å². The van der Waals surface area contributed by atoms with Crippen molar-refractivity contribution < 1.29 is 33.3 Å². The average Bonchev–Trinajstić information content (AvgIpc) is 3.45. The fraction of sp³-hybridized carbons (Fsp3) is 0.541. The highest BCUT2D eigenvalue weighted by molar-refractivity contribution is 5.99. The highest BCUT2D eigenvalue weighted by Gasteiger charge is 2.31. The molecule has 1 aliphatic carbocycles. The molecule has 2 fully saturated rings. The van der Waals surface area contributed by atoms with E-state index in [1.165, 1.54) is 7.11 Å². The van der Waals surface area contributed by atoms with Crippen LogP contribution in [0.1, 0.15) is 70.7 Å². The van der Waals surface area contributed by atoms with Gasteiger partial charge in [-0.1, -0.05) is 0 Å². The minimum Gasteiger partial charge on any atom is -0.490 e. The van der Waals surface area contributed by atoms with Crippen LogP contribution in [0, 0.1) is 11.3 Å². The van der Waals surface area contributed by atoms with Gasteiger partial charge in [-0.25, -0.2) is 9.78 Å². The summed E-state index contributed by atoms with van der Waals surface area (Å²) < 4.78 is 24.7. The molecule has 2 aromatic carbocycles. The number of fused-ring (bicyclic) bond motifs is 1. The van der Waals surface area contributed by atoms with Crippen molar-refractivity contribution in [3.05, 3.63) is 53.9 Å². The Morgan fingerprint density at radius 3 is 2.26 bits per heavy atom. The smallest absolute Gasteiger partial charge is 0.410 e. The number of ether oxygens (including phenoxy) is 4. The van der Waals surface area contributed by atoms with Crippen LogP contribution in [0.5, 0.6) is 11.5 Å². The number of likely N-dealkylation sites (tertiary alicyclic amines) is 1. The molecule has 1 aliphatic heterocycles. The van der Waals surface area contributed by atoms with Gasteiger partial charge < -0.3 is 38.6 Å². The quantitative estimate of drug-likeness (QED) is 0.168. The number of hydrogen-bond donors (Lipinski definition) is 2. The van der Waals surface area contributed by atoms with Crippen LogP contribution in [-0.2, 0) is 32.2 Å². The summed E-state index contributed by atoms with van der Waals surface area (Å²) in [5.41, 5.74) is 1.60. The Morgan fingerprint density at radius 1 is 0.980 bits per heavy atom. The fourth-order valence-corrected chi connectivity index (χ4v) is 6.52. The normalized spacial score (nSPS) is 18.3. The van der Waals surface area contributed by atoms with Crippen molar-refractivity contribution in [3.8, 4) is 11.5 Å². The van der Waals surface area contributed by atoms with Crippen molar-refractivity contribution in [2.24, 2.45) is 5.92 Å². The number of rotatable bonds is 10. The minimum atomic E-state index is -0.524. The maximum absolute atomic E-state index is 13.6. The van der Waals surface area contributed by atoms with Gasteiger partial charge in [-0.2, -0.15) is 0 Å². The minimum absolute atomic E-state index is 0.00630. The summed E-state index contributed by atoms with van der Waals surface area (Å²) in [5.74, 6) is 1.84. The van der Waals surface area contributed by atoms with Gasteiger partial charge in [0.05, 0.1) is 24.1 Å². The number of amides is 2. The van der Waals surface area contributed by atoms with Crippen LogP contribution in [0.3, 0.4) is 0 Å². The average molecular weight is 691 g/mol. The summed E-state index contributed by atoms with van der Waals surface area (Å²) in [4.78, 5) is 46.4. The van der Waals surface area contributed by atoms with Crippen molar-refractivity contribution in [1.29, 1.82) is 5.41 Å². The molecule has 2 heterocycles. The third kappa shape index (κ3) is 9.05. The number of piperidine rings is 1. The van der Waals surface area contributed by atoms with E-state index in [2.05, 4.69) is 5.32 Å². The molecule has 3 aromatic rings. The molecule has 0 radical (unpaired) electrons. The van der Waals surface area contributed by atoms with Crippen molar-refractivity contribution in [2.45, 2.75) is 90.2 Å². The number of esters is 1. The second kappa shape index (κ2) is 15.8. The zero-order valence-electron chi connectivity index (χ0n) is 30.0. The monoisotopic (exact) mass is 690 g/mol. The van der Waals surface area contributed by atoms with Crippen LogP contribution >= 0.6 is 0 Å². The molecule has 2 amide bonds. The predicted octanol–water partition coefficient (Wildman–Crippen LogP) is 5.13. The first-order valence-electron chi connectivity index (χ1n) is 17.3. The number of likely N-dealkylation sites (N-methyl/N-ethyl adjacent to an activating group) is 1. The first kappa shape index (κ1) is 36.5. The van der Waals surface area contributed by atoms with E-state index in [1.54, 1.807) is 16.8 Å². The van der Waals surface area contributed by atoms with Crippen molar-refractivity contribution >= 4 is 34.8 Å². The number of carbonyl (C=O) groups is 3. The van der Waals surface area contributed by atoms with Crippen molar-refractivity contribution in [1.82, 2.24) is 24.7 Å². The number of nitrogens with one attached hydrogen (secondary N) is 2. The maximum Gasteiger partial charge on any atom is 0.410 e. The molecule has 13 heteroatoms. The van der Waals surface area contributed by atoms with Crippen LogP contribution in [-0.4, -0.2) is 95.2 Å². The maximum atomic E-state index is 13.6. The van der Waals surface area contributed by atoms with Gasteiger partial charge in [0.15, 0.2) is 0 Å². The van der Waals surface area contributed by atoms with Gasteiger partial charge in [-0.15, -0.1) is 0 Å². The number of benzene rings is 2. The van der Waals surface area contributed by atoms with Crippen LogP contribution in [0.2, 0.25) is 0 Å². The van der Waals surface area contributed by atoms with Gasteiger partial charge in [0.1, 0.15) is 48.0 Å². The molecule has 0 spiro atoms. The zero-order valence-corrected chi connectivity index (χ0v) is 30.0. The molecule has 1 saturated heterocycles. The van der Waals surface area contributed by atoms with Crippen LogP contribution in [0.4, 0.5) is 4.79 Å². The molecule has 0 bridgehead atoms. The van der Waals surface area contributed by atoms with Gasteiger partial charge in [0, 0.05) is 51.6 Å². The van der Waals surface area contributed by atoms with E-state index < -0.39 is 5.60 Å². The van der Waals surface area contributed by atoms with E-state index >= 15 is 0 Å². The van der Waals surface area contributed by atoms with E-state index in [4.69, 9.17) is 29.3 Å². The van der Waals surface area contributed by atoms with Gasteiger partial charge in [0.2, 0.25) is 5.91 Å². The molecule has 5 rings (SSSR count). The standard InChI is InChI=1S/C37H50N6O7/c1-37(2,3)50-36(46)42-19-17-29(18-20-42)49-28-14-12-27(13-15-28)48-23-32-40-30-21-25(34(38)39-4)9-16-31(30)43(32)22-33(44)41(5)26-10-7-24(8-11-26)35(45)47-6/h9,12-16,21,24,26,29H,7-8,10-11,17-20,22-23H2,1-6H3,(H2,38,39)/t24-,26-. The number of methoxy groups -OCH3 is 1. The summed E-state index contributed by atoms with van der Waals surface area (Å²) in [6.07, 6.45) is 4.00. The second-order valence-electron chi connectivity index (χ2n) is 14.0. The number of amidine groups is 1. The van der Waals surface area contributed by atoms with E-state index in [9.17, 15) is 14.4 Å². The van der Waals surface area contributed by atoms with Crippen LogP contribution < -0.4 is 14.8 Å². The highest BCUT2D eigenvalue weighted by atomic mass is 16.6. The Morgan fingerprint density at radius 2 is 1.64 bits per heavy atom. The first-order chi connectivity index (χ1) is 23.8. The summed E-state index contributed by atoms with van der Waals surface area (Å²) >= 11 is 0. The Bertz CT molecular complexity index is 1670. The largest absolute Gasteiger partial charge is 0.490 e. The summed E-state index contributed by atoms with van der Waals surface area (Å²) in [6, 6.07) is 13.0. The lowest BCUT2D eigenvalue weighted by Gasteiger charge is -2.34. The molecule has 0 unspecified atom stereocenters. The summed E-state index contributed by atoms with van der Waals surface area (Å²) in [6.45, 7) is 6.94. The summed E-state index contributed by atoms with van der Waals surface area (Å²) in [5, 5.41) is 11.1. The molecule has 13 nitrogen and oxygen atoms in total. The molecule has 1 aromatic heterocycles. The SMILES string of the molecule is CNC(=N)c1ccc2c(c1)nc(COc1ccc(OC3CCN(C(=O)OC(C)(C)C)CC3)cc1)n2CC(=O)N(C)[C@H]1CC[C@H](C(=O)OC)CC1. The molecule has 1 saturated carbocycles. The Hall–Kier alpha value is -4.81. The Kier molecular flexibility index (Phi) is 11.5. The predicted molar refractivity (Wildman–Crippen MR) is 188 cm³/mol. The number of aromatic nitrogens is 2. The van der Waals surface area contributed by atoms with Crippen LogP contribution in [0.15, 0.2) is 42.5 Å². The second-order valence-corrected chi connectivity index (χ2v) is 14.0. The van der Waals surface area contributed by atoms with Crippen molar-refractivity contribution in [2.75, 3.05) is 34.3 Å². The van der Waals surface area contributed by atoms with Gasteiger partial charge in [-0.05, 0) is 88.9 Å². The number of carbonyl (C=O) groups excluding carboxylic acids is 3. The fourth-order valence-electron chi connectivity index (χ4n) is 6.52. The highest BCUT2D eigenvalue weighted by Crippen LogP contribution is 2.29. The molecular formula is C37H50N6O7. The van der Waals surface area contributed by atoms with E-state index in [0.717, 1.165) is 18.4 Å². The molecule has 50 heavy (non-hydrogen) atoms. The van der Waals surface area contributed by atoms with E-state index in [0.29, 0.717) is 67.2 Å². The third-order valence-electron chi connectivity index (χ3n) is 9.42. The van der Waals surface area contributed by atoms with Gasteiger partial charge >= 0.3 is 12.1 Å². The number of imidazole rings is 1. The molecule has 0 atom stereocenters. The lowest BCUT2D eigenvalue weighted by Crippen LogP contribution is -2.44. The molecular weight excluding hydrogens is 640 g/mol. The lowest BCUT2D eigenvalue weighted by atomic mass is 9.85. The number of nitrogens with zero attached hydrogens (tertiary/aromatic N) is 4. The topological polar surface area (TPSA) is 148 Å². The third-order valence-corrected chi connectivity index (χ3v) is 9.42. The van der Waals surface area contributed by atoms with E-state index in [-0.39, 0.29) is 55.0 Å². The lowest BCUT2D eigenvalue weighted by molar-refractivity contribution is -0.147. The van der Waals surface area contributed by atoms with Gasteiger partial charge in [0.25, 0.3) is 0 Å². The summed E-state index contributed by atoms with van der Waals surface area (Å²) in [7, 11) is 4.93. The molecule has 270 valence electrons. The Balaban J connectivity index is 1.22. The van der Waals surface area contributed by atoms with E-state index in [1.807, 2.05) is 74.9 Å². The molecule has 2 N–H and O–H groups in total. The molecule has 2 aliphatic rings.